The van der Waals surface area contributed by atoms with Crippen LogP contribution in [0.5, 0.6) is 0 Å². The van der Waals surface area contributed by atoms with Crippen LogP contribution in [0.25, 0.3) is 0 Å². The number of amides is 2. The number of ether oxygens (including phenoxy) is 1. The van der Waals surface area contributed by atoms with Crippen molar-refractivity contribution in [3.63, 3.8) is 0 Å². The summed E-state index contributed by atoms with van der Waals surface area (Å²) < 4.78 is 4.67. The zero-order valence-corrected chi connectivity index (χ0v) is 11.0. The number of nitrogens with one attached hydrogen (secondary N) is 2. The number of urea groups is 1. The van der Waals surface area contributed by atoms with E-state index in [4.69, 9.17) is 11.6 Å². The van der Waals surface area contributed by atoms with Crippen molar-refractivity contribution in [3.8, 4) is 0 Å². The molecule has 0 radical (unpaired) electrons. The van der Waals surface area contributed by atoms with Crippen LogP contribution in [0.2, 0.25) is 5.02 Å². The van der Waals surface area contributed by atoms with Crippen LogP contribution < -0.4 is 10.6 Å². The van der Waals surface area contributed by atoms with Gasteiger partial charge in [-0.05, 0) is 31.5 Å². The Morgan fingerprint density at radius 3 is 2.72 bits per heavy atom. The maximum atomic E-state index is 11.5. The molecule has 1 aromatic rings. The number of hydrogen-bond acceptors (Lipinski definition) is 3. The van der Waals surface area contributed by atoms with Gasteiger partial charge in [0.2, 0.25) is 0 Å². The zero-order chi connectivity index (χ0) is 13.5. The molecule has 0 bridgehead atoms. The van der Waals surface area contributed by atoms with Gasteiger partial charge in [0.15, 0.2) is 0 Å². The van der Waals surface area contributed by atoms with Crippen LogP contribution >= 0.6 is 11.6 Å². The van der Waals surface area contributed by atoms with Gasteiger partial charge in [-0.2, -0.15) is 0 Å². The quantitative estimate of drug-likeness (QED) is 0.825. The molecule has 0 aliphatic rings. The summed E-state index contributed by atoms with van der Waals surface area (Å²) in [5.41, 5.74) is 1.49. The topological polar surface area (TPSA) is 67.4 Å². The number of hydrogen-bond donors (Lipinski definition) is 2. The fourth-order valence-corrected chi connectivity index (χ4v) is 1.53. The summed E-state index contributed by atoms with van der Waals surface area (Å²) in [6, 6.07) is 4.76. The van der Waals surface area contributed by atoms with Crippen molar-refractivity contribution in [2.24, 2.45) is 0 Å². The van der Waals surface area contributed by atoms with Crippen LogP contribution in [-0.2, 0) is 9.53 Å². The zero-order valence-electron chi connectivity index (χ0n) is 10.2. The van der Waals surface area contributed by atoms with Crippen molar-refractivity contribution in [1.29, 1.82) is 0 Å². The molecule has 1 aromatic carbocycles. The number of aryl methyl sites for hydroxylation is 1. The molecule has 0 atom stereocenters. The Balaban J connectivity index is 2.47. The largest absolute Gasteiger partial charge is 0.465 e. The number of anilines is 1. The molecule has 0 unspecified atom stereocenters. The van der Waals surface area contributed by atoms with Gasteiger partial charge in [0, 0.05) is 0 Å². The van der Waals surface area contributed by atoms with E-state index in [0.29, 0.717) is 10.7 Å². The van der Waals surface area contributed by atoms with E-state index >= 15 is 0 Å². The van der Waals surface area contributed by atoms with Crippen LogP contribution in [0.15, 0.2) is 18.2 Å². The first kappa shape index (κ1) is 14.3. The van der Waals surface area contributed by atoms with E-state index < -0.39 is 12.0 Å². The Bertz CT molecular complexity index is 449. The number of benzene rings is 1. The molecule has 18 heavy (non-hydrogen) atoms. The minimum absolute atomic E-state index is 0.177. The summed E-state index contributed by atoms with van der Waals surface area (Å²) >= 11 is 5.95. The van der Waals surface area contributed by atoms with Crippen molar-refractivity contribution >= 4 is 29.3 Å². The van der Waals surface area contributed by atoms with Crippen molar-refractivity contribution in [2.75, 3.05) is 18.5 Å². The molecule has 0 saturated carbocycles. The first-order chi connectivity index (χ1) is 8.52. The smallest absolute Gasteiger partial charge is 0.325 e. The van der Waals surface area contributed by atoms with Crippen LogP contribution in [0.1, 0.15) is 12.5 Å². The molecule has 5 nitrogen and oxygen atoms in total. The third-order valence-corrected chi connectivity index (χ3v) is 2.38. The van der Waals surface area contributed by atoms with Gasteiger partial charge in [0.05, 0.1) is 17.3 Å². The second kappa shape index (κ2) is 6.86. The Labute approximate surface area is 110 Å². The molecule has 0 spiro atoms. The van der Waals surface area contributed by atoms with Crippen molar-refractivity contribution in [2.45, 2.75) is 13.8 Å². The minimum Gasteiger partial charge on any atom is -0.465 e. The molecular formula is C12H15ClN2O3. The molecular weight excluding hydrogens is 256 g/mol. The third kappa shape index (κ3) is 4.63. The molecule has 0 saturated heterocycles. The van der Waals surface area contributed by atoms with Crippen LogP contribution in [0.3, 0.4) is 0 Å². The normalized spacial score (nSPS) is 9.72. The molecule has 0 aliphatic carbocycles. The lowest BCUT2D eigenvalue weighted by Crippen LogP contribution is -2.34. The number of esters is 1. The van der Waals surface area contributed by atoms with Crippen LogP contribution in [0.4, 0.5) is 10.5 Å². The SMILES string of the molecule is CCOC(=O)CNC(=O)Nc1ccc(C)cc1Cl. The maximum Gasteiger partial charge on any atom is 0.325 e. The second-order valence-electron chi connectivity index (χ2n) is 3.60. The minimum atomic E-state index is -0.506. The van der Waals surface area contributed by atoms with Crippen molar-refractivity contribution < 1.29 is 14.3 Å². The Kier molecular flexibility index (Phi) is 5.45. The van der Waals surface area contributed by atoms with Gasteiger partial charge >= 0.3 is 12.0 Å². The molecule has 0 aliphatic heterocycles. The lowest BCUT2D eigenvalue weighted by molar-refractivity contribution is -0.141. The highest BCUT2D eigenvalue weighted by molar-refractivity contribution is 6.33. The fourth-order valence-electron chi connectivity index (χ4n) is 1.25. The molecule has 0 fully saturated rings. The molecule has 98 valence electrons. The number of carbonyl (C=O) groups excluding carboxylic acids is 2. The Morgan fingerprint density at radius 1 is 1.39 bits per heavy atom. The van der Waals surface area contributed by atoms with Gasteiger partial charge in [-0.15, -0.1) is 0 Å². The molecule has 2 N–H and O–H groups in total. The monoisotopic (exact) mass is 270 g/mol. The second-order valence-corrected chi connectivity index (χ2v) is 4.00. The lowest BCUT2D eigenvalue weighted by Gasteiger charge is -2.09. The first-order valence-corrected chi connectivity index (χ1v) is 5.87. The number of rotatable bonds is 4. The van der Waals surface area contributed by atoms with E-state index in [0.717, 1.165) is 5.56 Å². The number of carbonyl (C=O) groups is 2. The van der Waals surface area contributed by atoms with E-state index in [9.17, 15) is 9.59 Å². The van der Waals surface area contributed by atoms with E-state index in [1.165, 1.54) is 0 Å². The summed E-state index contributed by atoms with van der Waals surface area (Å²) in [5.74, 6) is -0.484. The van der Waals surface area contributed by atoms with E-state index in [-0.39, 0.29) is 13.2 Å². The predicted octanol–water partition coefficient (Wildman–Crippen LogP) is 2.33. The Morgan fingerprint density at radius 2 is 2.11 bits per heavy atom. The van der Waals surface area contributed by atoms with Crippen LogP contribution in [-0.4, -0.2) is 25.2 Å². The van der Waals surface area contributed by atoms with E-state index in [2.05, 4.69) is 15.4 Å². The molecule has 1 rings (SSSR count). The summed E-state index contributed by atoms with van der Waals surface area (Å²) in [7, 11) is 0. The van der Waals surface area contributed by atoms with Gasteiger partial charge in [-0.25, -0.2) is 4.79 Å². The molecule has 0 aromatic heterocycles. The van der Waals surface area contributed by atoms with Gasteiger partial charge in [0.1, 0.15) is 6.54 Å². The summed E-state index contributed by atoms with van der Waals surface area (Å²) in [5, 5.41) is 5.37. The highest BCUT2D eigenvalue weighted by Crippen LogP contribution is 2.22. The molecule has 2 amide bonds. The van der Waals surface area contributed by atoms with E-state index in [1.807, 2.05) is 13.0 Å². The van der Waals surface area contributed by atoms with Gasteiger partial charge in [-0.1, -0.05) is 17.7 Å². The average Bonchev–Trinajstić information content (AvgIpc) is 2.31. The average molecular weight is 271 g/mol. The Hall–Kier alpha value is -1.75. The highest BCUT2D eigenvalue weighted by Gasteiger charge is 2.07. The summed E-state index contributed by atoms with van der Waals surface area (Å²) in [6.07, 6.45) is 0. The third-order valence-electron chi connectivity index (χ3n) is 2.07. The van der Waals surface area contributed by atoms with Gasteiger partial charge in [-0.3, -0.25) is 4.79 Å². The van der Waals surface area contributed by atoms with Crippen molar-refractivity contribution in [1.82, 2.24) is 5.32 Å². The van der Waals surface area contributed by atoms with E-state index in [1.54, 1.807) is 19.1 Å². The van der Waals surface area contributed by atoms with Gasteiger partial charge < -0.3 is 15.4 Å². The molecule has 0 heterocycles. The summed E-state index contributed by atoms with van der Waals surface area (Å²) in [6.45, 7) is 3.70. The van der Waals surface area contributed by atoms with Crippen LogP contribution in [0, 0.1) is 6.92 Å². The predicted molar refractivity (Wildman–Crippen MR) is 69.8 cm³/mol. The highest BCUT2D eigenvalue weighted by atomic mass is 35.5. The maximum absolute atomic E-state index is 11.5. The lowest BCUT2D eigenvalue weighted by atomic mass is 10.2. The standard InChI is InChI=1S/C12H15ClN2O3/c1-3-18-11(16)7-14-12(17)15-10-5-4-8(2)6-9(10)13/h4-6H,3,7H2,1-2H3,(H2,14,15,17). The fraction of sp³-hybridized carbons (Fsp3) is 0.333. The summed E-state index contributed by atoms with van der Waals surface area (Å²) in [4.78, 5) is 22.5. The van der Waals surface area contributed by atoms with Gasteiger partial charge in [0.25, 0.3) is 0 Å². The number of halogens is 1. The molecule has 6 heteroatoms. The first-order valence-electron chi connectivity index (χ1n) is 5.49. The van der Waals surface area contributed by atoms with Crippen molar-refractivity contribution in [3.05, 3.63) is 28.8 Å².